The quantitative estimate of drug-likeness (QED) is 0.395. The first-order chi connectivity index (χ1) is 12.8. The third-order valence-electron chi connectivity index (χ3n) is 5.60. The fourth-order valence-corrected chi connectivity index (χ4v) is 4.41. The molecule has 2 rings (SSSR count). The van der Waals surface area contributed by atoms with Crippen molar-refractivity contribution in [2.24, 2.45) is 20.8 Å². The van der Waals surface area contributed by atoms with Crippen LogP contribution in [0, 0.1) is 10.8 Å². The van der Waals surface area contributed by atoms with E-state index in [9.17, 15) is 0 Å². The van der Waals surface area contributed by atoms with Crippen molar-refractivity contribution in [1.29, 1.82) is 0 Å². The molecule has 0 aliphatic heterocycles. The molecular formula is C25H38N2. The summed E-state index contributed by atoms with van der Waals surface area (Å²) >= 11 is 0. The average molecular weight is 367 g/mol. The molecule has 2 nitrogen and oxygen atoms in total. The minimum atomic E-state index is 0.191. The van der Waals surface area contributed by atoms with Gasteiger partial charge in [0, 0.05) is 12.4 Å². The summed E-state index contributed by atoms with van der Waals surface area (Å²) in [6.07, 6.45) is 21.1. The maximum atomic E-state index is 4.67. The summed E-state index contributed by atoms with van der Waals surface area (Å²) < 4.78 is 0. The van der Waals surface area contributed by atoms with Crippen LogP contribution in [0.1, 0.15) is 86.5 Å². The first-order valence-corrected chi connectivity index (χ1v) is 10.6. The average Bonchev–Trinajstić information content (AvgIpc) is 2.59. The van der Waals surface area contributed by atoms with Crippen LogP contribution in [0.4, 0.5) is 0 Å². The van der Waals surface area contributed by atoms with Crippen molar-refractivity contribution in [3.05, 3.63) is 46.8 Å². The Morgan fingerprint density at radius 2 is 1.22 bits per heavy atom. The maximum Gasteiger partial charge on any atom is 0.0612 e. The molecule has 2 heteroatoms. The molecule has 0 aromatic carbocycles. The van der Waals surface area contributed by atoms with Gasteiger partial charge < -0.3 is 0 Å². The topological polar surface area (TPSA) is 24.7 Å². The SMILES string of the molecule is CCCC=NC1=C(C)CC(C)(CC2(C)C=CC(N=CCCC)=C(C)C2)C=C1. The lowest BCUT2D eigenvalue weighted by Gasteiger charge is -2.40. The van der Waals surface area contributed by atoms with Crippen molar-refractivity contribution in [2.75, 3.05) is 0 Å². The molecule has 0 amide bonds. The van der Waals surface area contributed by atoms with E-state index in [4.69, 9.17) is 0 Å². The highest BCUT2D eigenvalue weighted by molar-refractivity contribution is 5.60. The fourth-order valence-electron chi connectivity index (χ4n) is 4.41. The lowest BCUT2D eigenvalue weighted by Crippen LogP contribution is -2.28. The van der Waals surface area contributed by atoms with Gasteiger partial charge in [-0.05, 0) is 80.1 Å². The van der Waals surface area contributed by atoms with E-state index >= 15 is 0 Å². The summed E-state index contributed by atoms with van der Waals surface area (Å²) in [5.74, 6) is 0. The van der Waals surface area contributed by atoms with Crippen LogP contribution in [-0.2, 0) is 0 Å². The Morgan fingerprint density at radius 3 is 1.56 bits per heavy atom. The first-order valence-electron chi connectivity index (χ1n) is 10.6. The van der Waals surface area contributed by atoms with Crippen LogP contribution in [0.15, 0.2) is 56.8 Å². The van der Waals surface area contributed by atoms with Crippen molar-refractivity contribution in [2.45, 2.75) is 86.5 Å². The summed E-state index contributed by atoms with van der Waals surface area (Å²) in [6.45, 7) is 13.7. The Balaban J connectivity index is 2.05. The highest BCUT2D eigenvalue weighted by atomic mass is 14.7. The van der Waals surface area contributed by atoms with Crippen molar-refractivity contribution in [3.63, 3.8) is 0 Å². The van der Waals surface area contributed by atoms with Gasteiger partial charge in [0.15, 0.2) is 0 Å². The molecule has 0 aromatic rings. The zero-order valence-corrected chi connectivity index (χ0v) is 18.3. The molecule has 2 unspecified atom stereocenters. The number of aliphatic imine (C=N–C) groups is 2. The van der Waals surface area contributed by atoms with Gasteiger partial charge in [-0.25, -0.2) is 0 Å². The number of hydrogen-bond donors (Lipinski definition) is 0. The molecule has 0 saturated carbocycles. The van der Waals surface area contributed by atoms with Gasteiger partial charge in [-0.3, -0.25) is 9.98 Å². The molecule has 0 N–H and O–H groups in total. The Hall–Kier alpha value is -1.70. The summed E-state index contributed by atoms with van der Waals surface area (Å²) in [5.41, 5.74) is 5.52. The lowest BCUT2D eigenvalue weighted by molar-refractivity contribution is 0.244. The molecule has 0 bridgehead atoms. The number of hydrogen-bond acceptors (Lipinski definition) is 2. The van der Waals surface area contributed by atoms with E-state index in [1.54, 1.807) is 0 Å². The molecule has 27 heavy (non-hydrogen) atoms. The van der Waals surface area contributed by atoms with Crippen molar-refractivity contribution >= 4 is 12.4 Å². The lowest BCUT2D eigenvalue weighted by atomic mass is 9.65. The summed E-state index contributed by atoms with van der Waals surface area (Å²) in [5, 5.41) is 0. The van der Waals surface area contributed by atoms with E-state index in [0.717, 1.165) is 56.3 Å². The van der Waals surface area contributed by atoms with Gasteiger partial charge >= 0.3 is 0 Å². The van der Waals surface area contributed by atoms with Gasteiger partial charge in [0.2, 0.25) is 0 Å². The number of rotatable bonds is 8. The Labute approximate surface area is 167 Å². The second-order valence-electron chi connectivity index (χ2n) is 9.04. The number of nitrogens with zero attached hydrogens (tertiary/aromatic N) is 2. The van der Waals surface area contributed by atoms with Gasteiger partial charge in [-0.15, -0.1) is 0 Å². The van der Waals surface area contributed by atoms with Gasteiger partial charge in [0.25, 0.3) is 0 Å². The zero-order valence-electron chi connectivity index (χ0n) is 18.3. The molecule has 0 heterocycles. The van der Waals surface area contributed by atoms with Crippen molar-refractivity contribution < 1.29 is 0 Å². The van der Waals surface area contributed by atoms with E-state index in [2.05, 4.69) is 88.3 Å². The smallest absolute Gasteiger partial charge is 0.0612 e. The van der Waals surface area contributed by atoms with Gasteiger partial charge in [0.05, 0.1) is 11.4 Å². The Kier molecular flexibility index (Phi) is 7.59. The maximum absolute atomic E-state index is 4.67. The second kappa shape index (κ2) is 9.48. The van der Waals surface area contributed by atoms with E-state index in [-0.39, 0.29) is 10.8 Å². The second-order valence-corrected chi connectivity index (χ2v) is 9.04. The van der Waals surface area contributed by atoms with Gasteiger partial charge in [-0.2, -0.15) is 0 Å². The molecule has 148 valence electrons. The van der Waals surface area contributed by atoms with Crippen LogP contribution in [0.5, 0.6) is 0 Å². The normalized spacial score (nSPS) is 29.0. The van der Waals surface area contributed by atoms with Crippen LogP contribution in [-0.4, -0.2) is 12.4 Å². The Bertz CT molecular complexity index is 642. The fraction of sp³-hybridized carbons (Fsp3) is 0.600. The molecule has 0 saturated heterocycles. The predicted octanol–water partition coefficient (Wildman–Crippen LogP) is 7.60. The van der Waals surface area contributed by atoms with E-state index in [1.165, 1.54) is 11.1 Å². The minimum Gasteiger partial charge on any atom is -0.261 e. The highest BCUT2D eigenvalue weighted by Crippen LogP contribution is 2.47. The summed E-state index contributed by atoms with van der Waals surface area (Å²) in [6, 6.07) is 0. The zero-order chi connectivity index (χ0) is 19.9. The van der Waals surface area contributed by atoms with Crippen LogP contribution in [0.25, 0.3) is 0 Å². The predicted molar refractivity (Wildman–Crippen MR) is 121 cm³/mol. The number of allylic oxidation sites excluding steroid dienone is 6. The molecule has 2 atom stereocenters. The third kappa shape index (κ3) is 6.16. The van der Waals surface area contributed by atoms with Crippen LogP contribution < -0.4 is 0 Å². The van der Waals surface area contributed by atoms with Gasteiger partial charge in [-0.1, -0.05) is 52.7 Å². The van der Waals surface area contributed by atoms with Crippen LogP contribution in [0.2, 0.25) is 0 Å². The van der Waals surface area contributed by atoms with Crippen LogP contribution >= 0.6 is 0 Å². The molecule has 2 aliphatic rings. The highest BCUT2D eigenvalue weighted by Gasteiger charge is 2.35. The van der Waals surface area contributed by atoms with E-state index in [1.807, 2.05) is 0 Å². The minimum absolute atomic E-state index is 0.191. The van der Waals surface area contributed by atoms with Gasteiger partial charge in [0.1, 0.15) is 0 Å². The monoisotopic (exact) mass is 366 g/mol. The first kappa shape index (κ1) is 21.6. The molecule has 0 fully saturated rings. The summed E-state index contributed by atoms with van der Waals surface area (Å²) in [7, 11) is 0. The van der Waals surface area contributed by atoms with Crippen LogP contribution in [0.3, 0.4) is 0 Å². The van der Waals surface area contributed by atoms with Crippen molar-refractivity contribution in [1.82, 2.24) is 0 Å². The van der Waals surface area contributed by atoms with Crippen molar-refractivity contribution in [3.8, 4) is 0 Å². The molecule has 0 spiro atoms. The molecule has 0 radical (unpaired) electrons. The van der Waals surface area contributed by atoms with E-state index < -0.39 is 0 Å². The molecular weight excluding hydrogens is 328 g/mol. The standard InChI is InChI=1S/C25H38N2/c1-7-9-15-26-22-11-13-24(5,17-20(22)3)19-25(6)14-12-23(21(4)18-25)27-16-10-8-2/h11-16H,7-10,17-19H2,1-6H3. The largest absolute Gasteiger partial charge is 0.261 e. The molecule has 2 aliphatic carbocycles. The molecule has 0 aromatic heterocycles. The number of unbranched alkanes of at least 4 members (excludes halogenated alkanes) is 2. The Morgan fingerprint density at radius 1 is 0.815 bits per heavy atom. The summed E-state index contributed by atoms with van der Waals surface area (Å²) in [4.78, 5) is 9.34. The third-order valence-corrected chi connectivity index (χ3v) is 5.60. The van der Waals surface area contributed by atoms with E-state index in [0.29, 0.717) is 0 Å².